The lowest BCUT2D eigenvalue weighted by Crippen LogP contribution is -2.17. The van der Waals surface area contributed by atoms with E-state index < -0.39 is 0 Å². The molecule has 1 aromatic heterocycles. The van der Waals surface area contributed by atoms with Crippen LogP contribution in [0, 0.1) is 13.8 Å². The van der Waals surface area contributed by atoms with Gasteiger partial charge in [0.25, 0.3) is 5.56 Å². The minimum Gasteiger partial charge on any atom is -0.330 e. The van der Waals surface area contributed by atoms with Gasteiger partial charge in [-0.3, -0.25) is 14.6 Å². The number of nitrogens with zero attached hydrogens (tertiary/aromatic N) is 1. The average molecular weight is 245 g/mol. The molecule has 0 saturated heterocycles. The van der Waals surface area contributed by atoms with Crippen LogP contribution in [0.1, 0.15) is 16.7 Å². The molecule has 3 N–H and O–H groups in total. The van der Waals surface area contributed by atoms with Crippen molar-refractivity contribution in [3.05, 3.63) is 45.2 Å². The van der Waals surface area contributed by atoms with E-state index in [0.29, 0.717) is 13.0 Å². The number of aromatic amines is 1. The fourth-order valence-electron chi connectivity index (χ4n) is 2.20. The summed E-state index contributed by atoms with van der Waals surface area (Å²) in [5.41, 5.74) is 10.7. The van der Waals surface area contributed by atoms with E-state index in [1.54, 1.807) is 7.05 Å². The van der Waals surface area contributed by atoms with Crippen LogP contribution in [0.2, 0.25) is 0 Å². The van der Waals surface area contributed by atoms with E-state index in [-0.39, 0.29) is 5.56 Å². The van der Waals surface area contributed by atoms with Gasteiger partial charge in [0, 0.05) is 18.2 Å². The predicted molar refractivity (Wildman–Crippen MR) is 73.7 cm³/mol. The second-order valence-corrected chi connectivity index (χ2v) is 4.69. The van der Waals surface area contributed by atoms with Gasteiger partial charge >= 0.3 is 0 Å². The molecule has 1 heterocycles. The van der Waals surface area contributed by atoms with E-state index in [2.05, 4.69) is 23.3 Å². The molecule has 4 heteroatoms. The van der Waals surface area contributed by atoms with Crippen molar-refractivity contribution < 1.29 is 0 Å². The molecule has 96 valence electrons. The van der Waals surface area contributed by atoms with E-state index in [1.807, 2.05) is 13.8 Å². The molecule has 18 heavy (non-hydrogen) atoms. The molecular weight excluding hydrogens is 226 g/mol. The van der Waals surface area contributed by atoms with Crippen LogP contribution in [0.3, 0.4) is 0 Å². The molecule has 0 aliphatic rings. The topological polar surface area (TPSA) is 63.8 Å². The number of rotatable bonds is 3. The molecule has 0 atom stereocenters. The van der Waals surface area contributed by atoms with Gasteiger partial charge in [-0.2, -0.15) is 0 Å². The Morgan fingerprint density at radius 2 is 2.06 bits per heavy atom. The largest absolute Gasteiger partial charge is 0.330 e. The number of nitrogens with two attached hydrogens (primary N) is 1. The zero-order chi connectivity index (χ0) is 13.3. The number of aryl methyl sites for hydroxylation is 3. The molecule has 0 bridgehead atoms. The lowest BCUT2D eigenvalue weighted by Gasteiger charge is -2.07. The maximum absolute atomic E-state index is 12.0. The molecule has 0 radical (unpaired) electrons. The van der Waals surface area contributed by atoms with E-state index in [0.717, 1.165) is 22.4 Å². The lowest BCUT2D eigenvalue weighted by atomic mass is 9.99. The zero-order valence-corrected chi connectivity index (χ0v) is 11.1. The summed E-state index contributed by atoms with van der Waals surface area (Å²) in [6.45, 7) is 4.57. The summed E-state index contributed by atoms with van der Waals surface area (Å²) in [5, 5.41) is 3.13. The summed E-state index contributed by atoms with van der Waals surface area (Å²) in [6.07, 6.45) is 0.596. The first kappa shape index (κ1) is 12.6. The van der Waals surface area contributed by atoms with Gasteiger partial charge in [0.1, 0.15) is 0 Å². The molecule has 0 saturated carbocycles. The molecule has 0 fully saturated rings. The Balaban J connectivity index is 2.67. The van der Waals surface area contributed by atoms with Gasteiger partial charge in [-0.15, -0.1) is 0 Å². The van der Waals surface area contributed by atoms with E-state index in [1.165, 1.54) is 10.2 Å². The summed E-state index contributed by atoms with van der Waals surface area (Å²) in [5.74, 6) is 0. The van der Waals surface area contributed by atoms with Gasteiger partial charge in [0.05, 0.1) is 5.69 Å². The predicted octanol–water partition coefficient (Wildman–Crippen LogP) is 1.50. The Kier molecular flexibility index (Phi) is 3.39. The van der Waals surface area contributed by atoms with Gasteiger partial charge in [0.15, 0.2) is 0 Å². The highest BCUT2D eigenvalue weighted by molar-refractivity contribution is 5.67. The minimum atomic E-state index is 0.0105. The number of hydrogen-bond donors (Lipinski definition) is 2. The number of H-pyrrole nitrogens is 1. The monoisotopic (exact) mass is 245 g/mol. The maximum Gasteiger partial charge on any atom is 0.270 e. The zero-order valence-electron chi connectivity index (χ0n) is 11.1. The van der Waals surface area contributed by atoms with Crippen LogP contribution in [0.4, 0.5) is 0 Å². The van der Waals surface area contributed by atoms with Crippen LogP contribution in [0.15, 0.2) is 23.0 Å². The molecule has 0 unspecified atom stereocenters. The third-order valence-corrected chi connectivity index (χ3v) is 3.20. The molecule has 0 aliphatic carbocycles. The molecule has 1 aromatic carbocycles. The lowest BCUT2D eigenvalue weighted by molar-refractivity contribution is 0.739. The minimum absolute atomic E-state index is 0.0105. The van der Waals surface area contributed by atoms with Gasteiger partial charge in [0.2, 0.25) is 0 Å². The smallest absolute Gasteiger partial charge is 0.270 e. The van der Waals surface area contributed by atoms with Crippen molar-refractivity contribution in [3.63, 3.8) is 0 Å². The van der Waals surface area contributed by atoms with Crippen molar-refractivity contribution in [2.45, 2.75) is 20.3 Å². The van der Waals surface area contributed by atoms with Crippen molar-refractivity contribution in [1.29, 1.82) is 0 Å². The van der Waals surface area contributed by atoms with Crippen molar-refractivity contribution in [3.8, 4) is 11.3 Å². The summed E-state index contributed by atoms with van der Waals surface area (Å²) >= 11 is 0. The Bertz CT molecular complexity index is 622. The fourth-order valence-corrected chi connectivity index (χ4v) is 2.20. The Hall–Kier alpha value is -1.81. The Morgan fingerprint density at radius 3 is 2.72 bits per heavy atom. The molecule has 4 nitrogen and oxygen atoms in total. The Labute approximate surface area is 106 Å². The van der Waals surface area contributed by atoms with Crippen molar-refractivity contribution >= 4 is 0 Å². The van der Waals surface area contributed by atoms with Crippen LogP contribution < -0.4 is 11.3 Å². The van der Waals surface area contributed by atoms with Crippen LogP contribution in [0.5, 0.6) is 0 Å². The van der Waals surface area contributed by atoms with Crippen molar-refractivity contribution in [2.24, 2.45) is 12.8 Å². The summed E-state index contributed by atoms with van der Waals surface area (Å²) in [7, 11) is 1.73. The summed E-state index contributed by atoms with van der Waals surface area (Å²) in [4.78, 5) is 12.0. The van der Waals surface area contributed by atoms with Crippen molar-refractivity contribution in [2.75, 3.05) is 6.54 Å². The summed E-state index contributed by atoms with van der Waals surface area (Å²) in [6, 6.07) is 6.24. The van der Waals surface area contributed by atoms with Crippen LogP contribution in [-0.4, -0.2) is 16.3 Å². The Morgan fingerprint density at radius 1 is 1.33 bits per heavy atom. The molecule has 0 spiro atoms. The highest BCUT2D eigenvalue weighted by Gasteiger charge is 2.14. The van der Waals surface area contributed by atoms with Crippen LogP contribution in [-0.2, 0) is 13.5 Å². The average Bonchev–Trinajstić information content (AvgIpc) is 2.61. The standard InChI is InChI=1S/C14H19N3O/c1-9-4-5-10(2)12(8-9)13-11(6-7-15)14(18)17(3)16-13/h4-5,8,16H,6-7,15H2,1-3H3. The number of benzene rings is 1. The quantitative estimate of drug-likeness (QED) is 0.860. The fraction of sp³-hybridized carbons (Fsp3) is 0.357. The number of hydrogen-bond acceptors (Lipinski definition) is 2. The van der Waals surface area contributed by atoms with Gasteiger partial charge in [-0.05, 0) is 38.4 Å². The summed E-state index contributed by atoms with van der Waals surface area (Å²) < 4.78 is 1.52. The number of nitrogens with one attached hydrogen (secondary N) is 1. The normalized spacial score (nSPS) is 10.9. The van der Waals surface area contributed by atoms with Crippen molar-refractivity contribution in [1.82, 2.24) is 9.78 Å². The molecule has 2 rings (SSSR count). The third kappa shape index (κ3) is 2.11. The van der Waals surface area contributed by atoms with Gasteiger partial charge in [-0.1, -0.05) is 17.7 Å². The SMILES string of the molecule is Cc1ccc(C)c(-c2[nH]n(C)c(=O)c2CCN)c1. The molecule has 2 aromatic rings. The molecular formula is C14H19N3O. The number of aromatic nitrogens is 2. The van der Waals surface area contributed by atoms with Gasteiger partial charge < -0.3 is 5.73 Å². The van der Waals surface area contributed by atoms with E-state index >= 15 is 0 Å². The maximum atomic E-state index is 12.0. The second-order valence-electron chi connectivity index (χ2n) is 4.69. The van der Waals surface area contributed by atoms with E-state index in [9.17, 15) is 4.79 Å². The second kappa shape index (κ2) is 4.82. The highest BCUT2D eigenvalue weighted by atomic mass is 16.1. The first-order chi connectivity index (χ1) is 8.54. The first-order valence-electron chi connectivity index (χ1n) is 6.10. The van der Waals surface area contributed by atoms with E-state index in [4.69, 9.17) is 5.73 Å². The van der Waals surface area contributed by atoms with Crippen LogP contribution >= 0.6 is 0 Å². The first-order valence-corrected chi connectivity index (χ1v) is 6.10. The molecule has 0 aliphatic heterocycles. The van der Waals surface area contributed by atoms with Gasteiger partial charge in [-0.25, -0.2) is 0 Å². The molecule has 0 amide bonds. The van der Waals surface area contributed by atoms with Crippen LogP contribution in [0.25, 0.3) is 11.3 Å². The highest BCUT2D eigenvalue weighted by Crippen LogP contribution is 2.24. The third-order valence-electron chi connectivity index (χ3n) is 3.20.